The molecule has 1 heterocycles. The van der Waals surface area contributed by atoms with Crippen LogP contribution in [0.3, 0.4) is 0 Å². The fourth-order valence-electron chi connectivity index (χ4n) is 2.48. The zero-order valence-corrected chi connectivity index (χ0v) is 12.8. The van der Waals surface area contributed by atoms with Crippen molar-refractivity contribution < 1.29 is 4.92 Å². The number of benzene rings is 1. The van der Waals surface area contributed by atoms with Crippen LogP contribution < -0.4 is 5.32 Å². The smallest absolute Gasteiger partial charge is 0.269 e. The number of nitrogens with one attached hydrogen (secondary N) is 1. The SMILES string of the molecule is CCC1CN(Cc2cc([N+](=O)[O-])ccc2NC)CCS1. The molecular weight excluding hydrogens is 274 g/mol. The second-order valence-electron chi connectivity index (χ2n) is 4.98. The van der Waals surface area contributed by atoms with E-state index in [2.05, 4.69) is 17.1 Å². The van der Waals surface area contributed by atoms with Crippen molar-refractivity contribution in [3.63, 3.8) is 0 Å². The van der Waals surface area contributed by atoms with E-state index in [1.54, 1.807) is 18.2 Å². The van der Waals surface area contributed by atoms with Crippen molar-refractivity contribution in [2.45, 2.75) is 25.1 Å². The van der Waals surface area contributed by atoms with Crippen LogP contribution in [0.5, 0.6) is 0 Å². The summed E-state index contributed by atoms with van der Waals surface area (Å²) in [7, 11) is 1.85. The van der Waals surface area contributed by atoms with Gasteiger partial charge in [-0.1, -0.05) is 6.92 Å². The van der Waals surface area contributed by atoms with Crippen molar-refractivity contribution in [1.82, 2.24) is 4.90 Å². The summed E-state index contributed by atoms with van der Waals surface area (Å²) in [6.07, 6.45) is 1.18. The van der Waals surface area contributed by atoms with Crippen LogP contribution in [0.4, 0.5) is 11.4 Å². The van der Waals surface area contributed by atoms with Crippen LogP contribution in [0.15, 0.2) is 18.2 Å². The molecule has 1 saturated heterocycles. The fourth-order valence-corrected chi connectivity index (χ4v) is 3.73. The number of hydrogen-bond donors (Lipinski definition) is 1. The van der Waals surface area contributed by atoms with Crippen LogP contribution in [-0.4, -0.2) is 41.0 Å². The topological polar surface area (TPSA) is 58.4 Å². The molecule has 0 saturated carbocycles. The molecule has 0 radical (unpaired) electrons. The van der Waals surface area contributed by atoms with Gasteiger partial charge in [0.2, 0.25) is 0 Å². The minimum Gasteiger partial charge on any atom is -0.388 e. The molecular formula is C14H21N3O2S. The van der Waals surface area contributed by atoms with Crippen LogP contribution in [-0.2, 0) is 6.54 Å². The van der Waals surface area contributed by atoms with E-state index >= 15 is 0 Å². The summed E-state index contributed by atoms with van der Waals surface area (Å²) < 4.78 is 0. The Balaban J connectivity index is 2.14. The van der Waals surface area contributed by atoms with Crippen LogP contribution in [0.25, 0.3) is 0 Å². The highest BCUT2D eigenvalue weighted by molar-refractivity contribution is 8.00. The first-order chi connectivity index (χ1) is 9.63. The first-order valence-corrected chi connectivity index (χ1v) is 7.98. The third kappa shape index (κ3) is 3.64. The molecule has 0 aromatic heterocycles. The zero-order valence-electron chi connectivity index (χ0n) is 12.0. The number of nitro groups is 1. The Kier molecular flexibility index (Phi) is 5.25. The van der Waals surface area contributed by atoms with Gasteiger partial charge in [-0.2, -0.15) is 11.8 Å². The van der Waals surface area contributed by atoms with E-state index in [1.807, 2.05) is 18.8 Å². The lowest BCUT2D eigenvalue weighted by Gasteiger charge is -2.32. The van der Waals surface area contributed by atoms with Gasteiger partial charge >= 0.3 is 0 Å². The van der Waals surface area contributed by atoms with Gasteiger partial charge in [-0.15, -0.1) is 0 Å². The maximum absolute atomic E-state index is 10.9. The molecule has 20 heavy (non-hydrogen) atoms. The van der Waals surface area contributed by atoms with Gasteiger partial charge in [-0.3, -0.25) is 15.0 Å². The van der Waals surface area contributed by atoms with Gasteiger partial charge < -0.3 is 5.32 Å². The molecule has 110 valence electrons. The standard InChI is InChI=1S/C14H21N3O2S/c1-3-13-10-16(6-7-20-13)9-11-8-12(17(18)19)4-5-14(11)15-2/h4-5,8,13,15H,3,6-7,9-10H2,1-2H3. The van der Waals surface area contributed by atoms with Crippen LogP contribution in [0.2, 0.25) is 0 Å². The van der Waals surface area contributed by atoms with Crippen molar-refractivity contribution in [1.29, 1.82) is 0 Å². The highest BCUT2D eigenvalue weighted by Crippen LogP contribution is 2.26. The third-order valence-electron chi connectivity index (χ3n) is 3.64. The van der Waals surface area contributed by atoms with Gasteiger partial charge in [0.25, 0.3) is 5.69 Å². The summed E-state index contributed by atoms with van der Waals surface area (Å²) in [5, 5.41) is 14.7. The molecule has 1 unspecified atom stereocenters. The zero-order chi connectivity index (χ0) is 14.5. The number of non-ortho nitro benzene ring substituents is 1. The first kappa shape index (κ1) is 15.1. The molecule has 0 spiro atoms. The van der Waals surface area contributed by atoms with Gasteiger partial charge in [-0.25, -0.2) is 0 Å². The normalized spacial score (nSPS) is 19.8. The highest BCUT2D eigenvalue weighted by Gasteiger charge is 2.20. The molecule has 1 N–H and O–H groups in total. The molecule has 0 bridgehead atoms. The van der Waals surface area contributed by atoms with E-state index in [9.17, 15) is 10.1 Å². The lowest BCUT2D eigenvalue weighted by molar-refractivity contribution is -0.384. The predicted molar refractivity (Wildman–Crippen MR) is 84.5 cm³/mol. The highest BCUT2D eigenvalue weighted by atomic mass is 32.2. The van der Waals surface area contributed by atoms with E-state index in [1.165, 1.54) is 6.42 Å². The van der Waals surface area contributed by atoms with Crippen LogP contribution in [0, 0.1) is 10.1 Å². The summed E-state index contributed by atoms with van der Waals surface area (Å²) in [5.41, 5.74) is 2.14. The maximum Gasteiger partial charge on any atom is 0.269 e. The molecule has 5 nitrogen and oxygen atoms in total. The average molecular weight is 295 g/mol. The quantitative estimate of drug-likeness (QED) is 0.668. The van der Waals surface area contributed by atoms with E-state index in [4.69, 9.17) is 0 Å². The summed E-state index contributed by atoms with van der Waals surface area (Å²) >= 11 is 2.03. The Morgan fingerprint density at radius 3 is 3.00 bits per heavy atom. The molecule has 0 amide bonds. The summed E-state index contributed by atoms with van der Waals surface area (Å²) in [6, 6.07) is 5.04. The van der Waals surface area contributed by atoms with Crippen molar-refractivity contribution in [3.8, 4) is 0 Å². The minimum atomic E-state index is -0.330. The number of thioether (sulfide) groups is 1. The molecule has 6 heteroatoms. The molecule has 1 aliphatic rings. The molecule has 1 fully saturated rings. The largest absolute Gasteiger partial charge is 0.388 e. The van der Waals surface area contributed by atoms with E-state index in [0.29, 0.717) is 5.25 Å². The minimum absolute atomic E-state index is 0.164. The third-order valence-corrected chi connectivity index (χ3v) is 5.01. The average Bonchev–Trinajstić information content (AvgIpc) is 2.47. The number of anilines is 1. The predicted octanol–water partition coefficient (Wildman–Crippen LogP) is 2.96. The molecule has 1 aromatic rings. The van der Waals surface area contributed by atoms with Crippen LogP contribution in [0.1, 0.15) is 18.9 Å². The summed E-state index contributed by atoms with van der Waals surface area (Å²) in [5.74, 6) is 1.14. The number of hydrogen-bond acceptors (Lipinski definition) is 5. The lowest BCUT2D eigenvalue weighted by Crippen LogP contribution is -2.37. The van der Waals surface area contributed by atoms with Gasteiger partial charge in [0.1, 0.15) is 0 Å². The Hall–Kier alpha value is -1.27. The monoisotopic (exact) mass is 295 g/mol. The number of nitro benzene ring substituents is 1. The first-order valence-electron chi connectivity index (χ1n) is 6.93. The Bertz CT molecular complexity index is 481. The summed E-state index contributed by atoms with van der Waals surface area (Å²) in [6.45, 7) is 5.10. The molecule has 1 atom stereocenters. The second-order valence-corrected chi connectivity index (χ2v) is 6.39. The molecule has 0 aliphatic carbocycles. The lowest BCUT2D eigenvalue weighted by atomic mass is 10.1. The molecule has 1 aromatic carbocycles. The van der Waals surface area contributed by atoms with Gasteiger partial charge in [-0.05, 0) is 18.1 Å². The van der Waals surface area contributed by atoms with Gasteiger partial charge in [0, 0.05) is 55.5 Å². The van der Waals surface area contributed by atoms with Gasteiger partial charge in [0.05, 0.1) is 4.92 Å². The van der Waals surface area contributed by atoms with Crippen LogP contribution >= 0.6 is 11.8 Å². The van der Waals surface area contributed by atoms with Crippen molar-refractivity contribution in [2.75, 3.05) is 31.2 Å². The van der Waals surface area contributed by atoms with Gasteiger partial charge in [0.15, 0.2) is 0 Å². The van der Waals surface area contributed by atoms with E-state index in [0.717, 1.165) is 36.6 Å². The fraction of sp³-hybridized carbons (Fsp3) is 0.571. The molecule has 2 rings (SSSR count). The van der Waals surface area contributed by atoms with E-state index in [-0.39, 0.29) is 10.6 Å². The number of rotatable bonds is 5. The van der Waals surface area contributed by atoms with Crippen molar-refractivity contribution in [3.05, 3.63) is 33.9 Å². The summed E-state index contributed by atoms with van der Waals surface area (Å²) in [4.78, 5) is 13.0. The second kappa shape index (κ2) is 6.95. The molecule has 1 aliphatic heterocycles. The Morgan fingerprint density at radius 2 is 2.35 bits per heavy atom. The Labute approximate surface area is 123 Å². The van der Waals surface area contributed by atoms with Crippen molar-refractivity contribution in [2.24, 2.45) is 0 Å². The van der Waals surface area contributed by atoms with Crippen molar-refractivity contribution >= 4 is 23.1 Å². The Morgan fingerprint density at radius 1 is 1.55 bits per heavy atom. The maximum atomic E-state index is 10.9. The number of nitrogens with zero attached hydrogens (tertiary/aromatic N) is 2. The van der Waals surface area contributed by atoms with E-state index < -0.39 is 0 Å².